The van der Waals surface area contributed by atoms with Gasteiger partial charge >= 0.3 is 22.4 Å². The van der Waals surface area contributed by atoms with E-state index in [1.54, 1.807) is 18.2 Å². The van der Waals surface area contributed by atoms with Crippen LogP contribution < -0.4 is 15.8 Å². The Hall–Kier alpha value is -5.23. The number of phenolic OH excluding ortho intramolecular Hbond substituents is 1. The SMILES string of the molecule is C=C[C@@H]1CCC(C)=C[C@H]1c1c(O)cc(CCCCC)cc1OC(=O)N(C)C1[C@H](NC(=O)/C(=N\OC(C)(C)C(=O)O)C2=CCC(N)=N2)C(=O)N1S(=O)(=O)O. The Bertz CT molecular complexity index is 1900. The van der Waals surface area contributed by atoms with Crippen LogP contribution in [0.4, 0.5) is 4.79 Å². The molecule has 0 spiro atoms. The molecule has 1 aromatic carbocycles. The van der Waals surface area contributed by atoms with Gasteiger partial charge in [-0.1, -0.05) is 42.6 Å². The van der Waals surface area contributed by atoms with Gasteiger partial charge in [0.15, 0.2) is 17.9 Å². The van der Waals surface area contributed by atoms with E-state index in [1.807, 2.05) is 19.9 Å². The van der Waals surface area contributed by atoms with E-state index >= 15 is 0 Å². The number of ether oxygens (including phenoxy) is 1. The third-order valence-electron chi connectivity index (χ3n) is 9.23. The molecule has 53 heavy (non-hydrogen) atoms. The van der Waals surface area contributed by atoms with Gasteiger partial charge in [-0.05, 0) is 76.1 Å². The van der Waals surface area contributed by atoms with Gasteiger partial charge in [-0.2, -0.15) is 12.7 Å². The molecule has 3 aliphatic rings. The summed E-state index contributed by atoms with van der Waals surface area (Å²) >= 11 is 0. The summed E-state index contributed by atoms with van der Waals surface area (Å²) in [5.41, 5.74) is 5.17. The Morgan fingerprint density at radius 2 is 1.96 bits per heavy atom. The summed E-state index contributed by atoms with van der Waals surface area (Å²) in [6, 6.07) is 1.46. The number of oxime groups is 1. The van der Waals surface area contributed by atoms with E-state index in [0.29, 0.717) is 22.4 Å². The van der Waals surface area contributed by atoms with Crippen molar-refractivity contribution in [2.75, 3.05) is 7.05 Å². The van der Waals surface area contributed by atoms with Crippen LogP contribution >= 0.6 is 0 Å². The predicted molar refractivity (Wildman–Crippen MR) is 193 cm³/mol. The van der Waals surface area contributed by atoms with Gasteiger partial charge in [0.25, 0.3) is 11.8 Å². The summed E-state index contributed by atoms with van der Waals surface area (Å²) in [4.78, 5) is 62.0. The minimum absolute atomic E-state index is 0.00276. The number of phenols is 1. The summed E-state index contributed by atoms with van der Waals surface area (Å²) in [5, 5.41) is 26.7. The highest BCUT2D eigenvalue weighted by molar-refractivity contribution is 7.84. The molecule has 4 atom stereocenters. The molecule has 1 unspecified atom stereocenters. The molecule has 0 saturated carbocycles. The number of nitrogens with two attached hydrogens (primary N) is 1. The largest absolute Gasteiger partial charge is 0.507 e. The topological polar surface area (TPSA) is 251 Å². The zero-order chi connectivity index (χ0) is 39.4. The number of likely N-dealkylation sites (N-methyl/N-ethyl adjacent to an activating group) is 1. The first kappa shape index (κ1) is 40.5. The zero-order valence-corrected chi connectivity index (χ0v) is 31.1. The van der Waals surface area contributed by atoms with E-state index in [0.717, 1.165) is 44.7 Å². The monoisotopic (exact) mass is 758 g/mol. The molecule has 2 aliphatic heterocycles. The highest BCUT2D eigenvalue weighted by atomic mass is 32.2. The van der Waals surface area contributed by atoms with Crippen LogP contribution in [-0.4, -0.2) is 92.7 Å². The van der Waals surface area contributed by atoms with Crippen molar-refractivity contribution >= 4 is 45.7 Å². The molecule has 1 aromatic rings. The molecular formula is C35H46N6O11S. The molecule has 288 valence electrons. The van der Waals surface area contributed by atoms with E-state index in [-0.39, 0.29) is 39.7 Å². The number of nitrogens with one attached hydrogen (secondary N) is 1. The van der Waals surface area contributed by atoms with Gasteiger partial charge in [0.2, 0.25) is 5.60 Å². The quantitative estimate of drug-likeness (QED) is 0.0430. The number of benzene rings is 1. The Kier molecular flexibility index (Phi) is 12.4. The summed E-state index contributed by atoms with van der Waals surface area (Å²) in [5.74, 6) is -4.45. The van der Waals surface area contributed by atoms with E-state index < -0.39 is 63.6 Å². The van der Waals surface area contributed by atoms with Crippen LogP contribution in [0.15, 0.2) is 58.4 Å². The maximum atomic E-state index is 13.9. The van der Waals surface area contributed by atoms with Crippen molar-refractivity contribution in [3.05, 3.63) is 59.3 Å². The fourth-order valence-corrected chi connectivity index (χ4v) is 7.04. The first-order valence-corrected chi connectivity index (χ1v) is 18.4. The van der Waals surface area contributed by atoms with Crippen LogP contribution in [0.1, 0.15) is 83.3 Å². The number of amides is 3. The van der Waals surface area contributed by atoms with Crippen molar-refractivity contribution in [3.63, 3.8) is 0 Å². The molecule has 1 saturated heterocycles. The Labute approximate surface area is 307 Å². The molecule has 0 bridgehead atoms. The van der Waals surface area contributed by atoms with Crippen LogP contribution in [0.5, 0.6) is 11.5 Å². The number of unbranched alkanes of at least 4 members (excludes halogenated alkanes) is 2. The van der Waals surface area contributed by atoms with Gasteiger partial charge in [-0.25, -0.2) is 14.6 Å². The number of allylic oxidation sites excluding steroid dienone is 3. The van der Waals surface area contributed by atoms with Crippen LogP contribution in [-0.2, 0) is 35.9 Å². The summed E-state index contributed by atoms with van der Waals surface area (Å²) < 4.78 is 40.5. The Balaban J connectivity index is 1.69. The van der Waals surface area contributed by atoms with E-state index in [4.69, 9.17) is 15.3 Å². The van der Waals surface area contributed by atoms with E-state index in [1.165, 1.54) is 19.9 Å². The number of β-lactam (4-membered cyclic amide) rings is 1. The fourth-order valence-electron chi connectivity index (χ4n) is 6.16. The highest BCUT2D eigenvalue weighted by Gasteiger charge is 2.58. The highest BCUT2D eigenvalue weighted by Crippen LogP contribution is 2.45. The van der Waals surface area contributed by atoms with E-state index in [2.05, 4.69) is 22.0 Å². The minimum Gasteiger partial charge on any atom is -0.507 e. The maximum Gasteiger partial charge on any atom is 0.416 e. The number of hydrogen-bond donors (Lipinski definition) is 5. The second-order valence-corrected chi connectivity index (χ2v) is 14.9. The van der Waals surface area contributed by atoms with Gasteiger partial charge in [0.05, 0.1) is 5.70 Å². The normalized spacial score (nSPS) is 21.8. The average Bonchev–Trinajstić information content (AvgIpc) is 3.50. The van der Waals surface area contributed by atoms with Crippen molar-refractivity contribution in [2.45, 2.75) is 96.4 Å². The number of aryl methyl sites for hydroxylation is 1. The van der Waals surface area contributed by atoms with Crippen molar-refractivity contribution in [1.29, 1.82) is 0 Å². The number of aliphatic imine (C=N–C) groups is 1. The minimum atomic E-state index is -5.28. The van der Waals surface area contributed by atoms with Crippen LogP contribution in [0, 0.1) is 5.92 Å². The molecule has 3 amide bonds. The molecule has 1 aliphatic carbocycles. The summed E-state index contributed by atoms with van der Waals surface area (Å²) in [6.07, 6.45) is 6.98. The Morgan fingerprint density at radius 1 is 1.26 bits per heavy atom. The number of aliphatic carboxylic acids is 1. The predicted octanol–water partition coefficient (Wildman–Crippen LogP) is 3.52. The molecule has 17 nitrogen and oxygen atoms in total. The van der Waals surface area contributed by atoms with Crippen molar-refractivity contribution in [2.24, 2.45) is 21.8 Å². The number of nitrogens with zero attached hydrogens (tertiary/aromatic N) is 4. The second kappa shape index (κ2) is 16.2. The van der Waals surface area contributed by atoms with Crippen molar-refractivity contribution < 1.29 is 51.9 Å². The third-order valence-corrected chi connectivity index (χ3v) is 10.1. The fraction of sp³-hybridized carbons (Fsp3) is 0.486. The number of carbonyl (C=O) groups is 4. The molecule has 0 radical (unpaired) electrons. The smallest absolute Gasteiger partial charge is 0.416 e. The first-order chi connectivity index (χ1) is 24.8. The lowest BCUT2D eigenvalue weighted by Crippen LogP contribution is -2.77. The lowest BCUT2D eigenvalue weighted by Gasteiger charge is -2.47. The standard InChI is InChI=1S/C35H46N6O11S/c1-7-9-10-11-20-17-24(42)27(22-16-19(3)12-13-21(22)8-2)25(18-20)51-34(47)40(6)31-29(32(44)41(31)53(48,49)50)38-30(43)28(23-14-15-26(36)37-23)39-52-35(4,5)33(45)46/h8,14,16-18,21-22,29,31,42H,2,7,9-13,15H2,1,3-6H3,(H2,36,37)(H,38,43)(H,45,46)(H,48,49,50)/b39-28-/t21-,22-,29+,31?/m1/s1. The van der Waals surface area contributed by atoms with Gasteiger partial charge in [0.1, 0.15) is 17.3 Å². The van der Waals surface area contributed by atoms with Crippen LogP contribution in [0.2, 0.25) is 0 Å². The summed E-state index contributed by atoms with van der Waals surface area (Å²) in [7, 11) is -4.19. The number of rotatable bonds is 15. The molecule has 18 heteroatoms. The number of aromatic hydroxyl groups is 1. The number of carboxylic acids is 1. The average molecular weight is 759 g/mol. The van der Waals surface area contributed by atoms with Crippen molar-refractivity contribution in [1.82, 2.24) is 14.5 Å². The van der Waals surface area contributed by atoms with Gasteiger partial charge in [-0.3, -0.25) is 19.0 Å². The molecule has 6 N–H and O–H groups in total. The van der Waals surface area contributed by atoms with Crippen LogP contribution in [0.25, 0.3) is 0 Å². The second-order valence-electron chi connectivity index (χ2n) is 13.7. The molecule has 4 rings (SSSR count). The number of amidine groups is 1. The Morgan fingerprint density at radius 3 is 2.55 bits per heavy atom. The van der Waals surface area contributed by atoms with E-state index in [9.17, 15) is 42.4 Å². The van der Waals surface area contributed by atoms with Crippen LogP contribution in [0.3, 0.4) is 0 Å². The molecular weight excluding hydrogens is 712 g/mol. The van der Waals surface area contributed by atoms with Gasteiger partial charge in [0, 0.05) is 24.9 Å². The van der Waals surface area contributed by atoms with Gasteiger partial charge < -0.3 is 30.8 Å². The molecule has 1 fully saturated rings. The number of hydrogen-bond acceptors (Lipinski definition) is 12. The summed E-state index contributed by atoms with van der Waals surface area (Å²) in [6.45, 7) is 10.3. The number of carbonyl (C=O) groups excluding carboxylic acids is 3. The van der Waals surface area contributed by atoms with Crippen molar-refractivity contribution in [3.8, 4) is 11.5 Å². The lowest BCUT2D eigenvalue weighted by atomic mass is 9.76. The first-order valence-electron chi connectivity index (χ1n) is 17.1. The lowest BCUT2D eigenvalue weighted by molar-refractivity contribution is -0.161. The zero-order valence-electron chi connectivity index (χ0n) is 30.2. The maximum absolute atomic E-state index is 13.9. The molecule has 0 aromatic heterocycles. The number of carboxylic acid groups (broad SMARTS) is 1. The van der Waals surface area contributed by atoms with Gasteiger partial charge in [-0.15, -0.1) is 6.58 Å². The third kappa shape index (κ3) is 9.05. The molecule has 2 heterocycles.